The summed E-state index contributed by atoms with van der Waals surface area (Å²) in [5, 5.41) is 5.55. The number of nitrogens with one attached hydrogen (secondary N) is 1. The predicted molar refractivity (Wildman–Crippen MR) is 68.5 cm³/mol. The van der Waals surface area contributed by atoms with Crippen LogP contribution < -0.4 is 5.32 Å². The molecule has 0 aliphatic rings. The van der Waals surface area contributed by atoms with Crippen LogP contribution in [-0.4, -0.2) is 25.1 Å². The second-order valence-corrected chi connectivity index (χ2v) is 5.40. The van der Waals surface area contributed by atoms with Gasteiger partial charge in [0.2, 0.25) is 0 Å². The predicted octanol–water partition coefficient (Wildman–Crippen LogP) is 3.02. The van der Waals surface area contributed by atoms with Crippen LogP contribution in [0.15, 0.2) is 17.5 Å². The third-order valence-corrected chi connectivity index (χ3v) is 3.98. The first-order valence-electron chi connectivity index (χ1n) is 5.05. The molecule has 0 bridgehead atoms. The van der Waals surface area contributed by atoms with E-state index in [1.807, 2.05) is 23.1 Å². The lowest BCUT2D eigenvalue weighted by Gasteiger charge is -2.14. The van der Waals surface area contributed by atoms with E-state index in [0.717, 1.165) is 0 Å². The molecular weight excluding hydrogens is 210 g/mol. The van der Waals surface area contributed by atoms with E-state index in [1.54, 1.807) is 0 Å². The lowest BCUT2D eigenvalue weighted by Crippen LogP contribution is -2.26. The van der Waals surface area contributed by atoms with E-state index in [-0.39, 0.29) is 0 Å². The third-order valence-electron chi connectivity index (χ3n) is 2.40. The van der Waals surface area contributed by atoms with E-state index >= 15 is 0 Å². The Bertz CT molecular complexity index is 221. The van der Waals surface area contributed by atoms with Crippen LogP contribution in [0.2, 0.25) is 0 Å². The maximum Gasteiger partial charge on any atom is 0.00753 e. The average molecular weight is 229 g/mol. The molecule has 14 heavy (non-hydrogen) atoms. The molecule has 1 rings (SSSR count). The van der Waals surface area contributed by atoms with Crippen molar-refractivity contribution < 1.29 is 0 Å². The van der Waals surface area contributed by atoms with Gasteiger partial charge >= 0.3 is 0 Å². The molecule has 0 saturated heterocycles. The van der Waals surface area contributed by atoms with Crippen molar-refractivity contribution in [3.63, 3.8) is 0 Å². The van der Waals surface area contributed by atoms with Crippen LogP contribution in [0.4, 0.5) is 0 Å². The Morgan fingerprint density at radius 1 is 1.50 bits per heavy atom. The van der Waals surface area contributed by atoms with Crippen LogP contribution >= 0.6 is 23.1 Å². The van der Waals surface area contributed by atoms with Crippen LogP contribution in [0.25, 0.3) is 0 Å². The minimum atomic E-state index is 0.685. The molecule has 0 aliphatic heterocycles. The fourth-order valence-corrected chi connectivity index (χ4v) is 2.71. The molecule has 0 aromatic carbocycles. The third kappa shape index (κ3) is 4.49. The van der Waals surface area contributed by atoms with Gasteiger partial charge in [0.25, 0.3) is 0 Å². The van der Waals surface area contributed by atoms with Gasteiger partial charge in [-0.2, -0.15) is 11.8 Å². The van der Waals surface area contributed by atoms with Crippen LogP contribution in [0, 0.1) is 0 Å². The van der Waals surface area contributed by atoms with Crippen molar-refractivity contribution in [3.05, 3.63) is 22.4 Å². The smallest absolute Gasteiger partial charge is 0.00753 e. The highest BCUT2D eigenvalue weighted by molar-refractivity contribution is 7.98. The lowest BCUT2D eigenvalue weighted by atomic mass is 10.1. The number of hydrogen-bond donors (Lipinski definition) is 1. The van der Waals surface area contributed by atoms with Crippen LogP contribution in [0.3, 0.4) is 0 Å². The molecule has 1 atom stereocenters. The van der Waals surface area contributed by atoms with Crippen molar-refractivity contribution in [2.45, 2.75) is 25.3 Å². The fraction of sp³-hybridized carbons (Fsp3) is 0.636. The van der Waals surface area contributed by atoms with Crippen molar-refractivity contribution in [2.24, 2.45) is 0 Å². The number of thiophene rings is 1. The zero-order valence-electron chi connectivity index (χ0n) is 8.95. The first-order chi connectivity index (χ1) is 6.86. The fourth-order valence-electron chi connectivity index (χ4n) is 1.46. The molecule has 80 valence electrons. The quantitative estimate of drug-likeness (QED) is 0.771. The zero-order chi connectivity index (χ0) is 10.2. The van der Waals surface area contributed by atoms with Crippen molar-refractivity contribution in [1.82, 2.24) is 5.32 Å². The molecule has 0 radical (unpaired) electrons. The van der Waals surface area contributed by atoms with Gasteiger partial charge in [0.05, 0.1) is 0 Å². The summed E-state index contributed by atoms with van der Waals surface area (Å²) in [4.78, 5) is 1.51. The summed E-state index contributed by atoms with van der Waals surface area (Å²) in [5.74, 6) is 1.26. The Morgan fingerprint density at radius 2 is 2.36 bits per heavy atom. The maximum atomic E-state index is 3.39. The maximum absolute atomic E-state index is 3.39. The van der Waals surface area contributed by atoms with E-state index in [2.05, 4.69) is 36.1 Å². The highest BCUT2D eigenvalue weighted by Crippen LogP contribution is 2.13. The number of rotatable bonds is 7. The standard InChI is InChI=1S/C11H19NS2/c1-12-10(7-9-13-2)5-6-11-4-3-8-14-11/h3-4,8,10,12H,5-7,9H2,1-2H3. The van der Waals surface area contributed by atoms with E-state index in [4.69, 9.17) is 0 Å². The Balaban J connectivity index is 2.20. The average Bonchev–Trinajstić information content (AvgIpc) is 2.71. The molecule has 1 aromatic heterocycles. The molecule has 1 heterocycles. The monoisotopic (exact) mass is 229 g/mol. The molecule has 0 amide bonds. The largest absolute Gasteiger partial charge is 0.317 e. The Labute approximate surface area is 95.3 Å². The van der Waals surface area contributed by atoms with Gasteiger partial charge in [0, 0.05) is 10.9 Å². The summed E-state index contributed by atoms with van der Waals surface area (Å²) >= 11 is 3.80. The second kappa shape index (κ2) is 7.32. The van der Waals surface area contributed by atoms with Gasteiger partial charge in [-0.15, -0.1) is 11.3 Å². The highest BCUT2D eigenvalue weighted by atomic mass is 32.2. The minimum Gasteiger partial charge on any atom is -0.317 e. The summed E-state index contributed by atoms with van der Waals surface area (Å²) in [7, 11) is 2.07. The summed E-state index contributed by atoms with van der Waals surface area (Å²) < 4.78 is 0. The Kier molecular flexibility index (Phi) is 6.32. The minimum absolute atomic E-state index is 0.685. The zero-order valence-corrected chi connectivity index (χ0v) is 10.6. The SMILES string of the molecule is CNC(CCSC)CCc1cccs1. The molecule has 0 aliphatic carbocycles. The Hall–Kier alpha value is 0.01000. The molecular formula is C11H19NS2. The molecule has 1 N–H and O–H groups in total. The number of thioether (sulfide) groups is 1. The van der Waals surface area contributed by atoms with Gasteiger partial charge in [0.1, 0.15) is 0 Å². The van der Waals surface area contributed by atoms with Gasteiger partial charge in [-0.3, -0.25) is 0 Å². The van der Waals surface area contributed by atoms with Crippen LogP contribution in [0.1, 0.15) is 17.7 Å². The first-order valence-corrected chi connectivity index (χ1v) is 7.32. The summed E-state index contributed by atoms with van der Waals surface area (Å²) in [6.07, 6.45) is 5.93. The molecule has 1 unspecified atom stereocenters. The topological polar surface area (TPSA) is 12.0 Å². The molecule has 1 nitrogen and oxygen atoms in total. The van der Waals surface area contributed by atoms with Gasteiger partial charge in [-0.25, -0.2) is 0 Å². The van der Waals surface area contributed by atoms with E-state index in [9.17, 15) is 0 Å². The lowest BCUT2D eigenvalue weighted by molar-refractivity contribution is 0.514. The highest BCUT2D eigenvalue weighted by Gasteiger charge is 2.05. The van der Waals surface area contributed by atoms with Gasteiger partial charge in [-0.1, -0.05) is 6.07 Å². The normalized spacial score (nSPS) is 13.0. The van der Waals surface area contributed by atoms with Crippen molar-refractivity contribution in [1.29, 1.82) is 0 Å². The summed E-state index contributed by atoms with van der Waals surface area (Å²) in [6.45, 7) is 0. The van der Waals surface area contributed by atoms with E-state index in [0.29, 0.717) is 6.04 Å². The molecule has 0 fully saturated rings. The van der Waals surface area contributed by atoms with Gasteiger partial charge in [-0.05, 0) is 49.8 Å². The van der Waals surface area contributed by atoms with Crippen LogP contribution in [-0.2, 0) is 6.42 Å². The van der Waals surface area contributed by atoms with Crippen molar-refractivity contribution in [2.75, 3.05) is 19.1 Å². The second-order valence-electron chi connectivity index (χ2n) is 3.39. The van der Waals surface area contributed by atoms with E-state index in [1.165, 1.54) is 29.9 Å². The first kappa shape index (κ1) is 12.1. The molecule has 1 aromatic rings. The Morgan fingerprint density at radius 3 is 2.93 bits per heavy atom. The number of hydrogen-bond acceptors (Lipinski definition) is 3. The molecule has 0 spiro atoms. The summed E-state index contributed by atoms with van der Waals surface area (Å²) in [5.41, 5.74) is 0. The molecule has 0 saturated carbocycles. The van der Waals surface area contributed by atoms with E-state index < -0.39 is 0 Å². The summed E-state index contributed by atoms with van der Waals surface area (Å²) in [6, 6.07) is 5.05. The van der Waals surface area contributed by atoms with Crippen molar-refractivity contribution in [3.8, 4) is 0 Å². The van der Waals surface area contributed by atoms with Crippen LogP contribution in [0.5, 0.6) is 0 Å². The number of aryl methyl sites for hydroxylation is 1. The van der Waals surface area contributed by atoms with Gasteiger partial charge in [0.15, 0.2) is 0 Å². The molecule has 3 heteroatoms. The van der Waals surface area contributed by atoms with Crippen molar-refractivity contribution >= 4 is 23.1 Å². The van der Waals surface area contributed by atoms with Gasteiger partial charge < -0.3 is 5.32 Å².